The first kappa shape index (κ1) is 13.7. The van der Waals surface area contributed by atoms with Crippen LogP contribution in [0.5, 0.6) is 0 Å². The van der Waals surface area contributed by atoms with E-state index in [2.05, 4.69) is 39.5 Å². The minimum Gasteiger partial charge on any atom is -0.375 e. The highest BCUT2D eigenvalue weighted by Crippen LogP contribution is 2.28. The summed E-state index contributed by atoms with van der Waals surface area (Å²) in [5, 5.41) is 2.07. The molecule has 0 aliphatic heterocycles. The van der Waals surface area contributed by atoms with Crippen LogP contribution in [-0.4, -0.2) is 13.2 Å². The van der Waals surface area contributed by atoms with E-state index < -0.39 is 0 Å². The Bertz CT molecular complexity index is 486. The van der Waals surface area contributed by atoms with Gasteiger partial charge in [0.05, 0.1) is 6.10 Å². The normalized spacial score (nSPS) is 14.4. The summed E-state index contributed by atoms with van der Waals surface area (Å²) in [6, 6.07) is 12.1. The van der Waals surface area contributed by atoms with Crippen LogP contribution in [0.4, 0.5) is 0 Å². The van der Waals surface area contributed by atoms with Crippen LogP contribution in [0.15, 0.2) is 46.3 Å². The van der Waals surface area contributed by atoms with Crippen molar-refractivity contribution in [2.45, 2.75) is 18.6 Å². The molecule has 0 saturated carbocycles. The molecule has 0 aliphatic carbocycles. The Morgan fingerprint density at radius 3 is 2.56 bits per heavy atom. The number of nitrogens with two attached hydrogens (primary N) is 1. The average Bonchev–Trinajstić information content (AvgIpc) is 2.77. The first-order valence-corrected chi connectivity index (χ1v) is 7.45. The highest BCUT2D eigenvalue weighted by atomic mass is 79.9. The number of thiophene rings is 1. The van der Waals surface area contributed by atoms with Gasteiger partial charge in [0.25, 0.3) is 0 Å². The first-order valence-electron chi connectivity index (χ1n) is 5.77. The molecule has 2 unspecified atom stereocenters. The van der Waals surface area contributed by atoms with Crippen LogP contribution in [0.25, 0.3) is 0 Å². The number of hydrogen-bond acceptors (Lipinski definition) is 3. The molecule has 2 aromatic rings. The Kier molecular flexibility index (Phi) is 4.95. The van der Waals surface area contributed by atoms with Crippen molar-refractivity contribution in [3.63, 3.8) is 0 Å². The Hall–Kier alpha value is -0.680. The van der Waals surface area contributed by atoms with Gasteiger partial charge in [-0.1, -0.05) is 30.3 Å². The van der Waals surface area contributed by atoms with Gasteiger partial charge in [0, 0.05) is 28.9 Å². The Morgan fingerprint density at radius 2 is 2.00 bits per heavy atom. The minimum absolute atomic E-state index is 0.0488. The van der Waals surface area contributed by atoms with Crippen molar-refractivity contribution in [3.05, 3.63) is 56.7 Å². The van der Waals surface area contributed by atoms with Crippen LogP contribution >= 0.6 is 27.3 Å². The molecule has 2 rings (SSSR count). The lowest BCUT2D eigenvalue weighted by Crippen LogP contribution is -2.31. The van der Waals surface area contributed by atoms with Crippen LogP contribution in [-0.2, 0) is 11.2 Å². The van der Waals surface area contributed by atoms with Crippen LogP contribution in [0.3, 0.4) is 0 Å². The molecule has 0 saturated heterocycles. The van der Waals surface area contributed by atoms with E-state index in [4.69, 9.17) is 10.5 Å². The maximum Gasteiger partial charge on any atom is 0.0975 e. The van der Waals surface area contributed by atoms with Crippen molar-refractivity contribution in [2.24, 2.45) is 5.73 Å². The first-order chi connectivity index (χ1) is 8.72. The summed E-state index contributed by atoms with van der Waals surface area (Å²) in [5.41, 5.74) is 7.41. The van der Waals surface area contributed by atoms with Gasteiger partial charge in [0.2, 0.25) is 0 Å². The zero-order chi connectivity index (χ0) is 13.0. The fourth-order valence-electron chi connectivity index (χ4n) is 1.99. The van der Waals surface area contributed by atoms with Gasteiger partial charge in [-0.15, -0.1) is 11.3 Å². The molecular formula is C14H16BrNOS. The summed E-state index contributed by atoms with van der Waals surface area (Å²) in [7, 11) is 1.71. The second-order valence-corrected chi connectivity index (χ2v) is 5.98. The average molecular weight is 326 g/mol. The van der Waals surface area contributed by atoms with E-state index in [0.29, 0.717) is 0 Å². The molecule has 1 aromatic heterocycles. The van der Waals surface area contributed by atoms with Gasteiger partial charge < -0.3 is 10.5 Å². The molecule has 1 aromatic carbocycles. The lowest BCUT2D eigenvalue weighted by molar-refractivity contribution is 0.0804. The van der Waals surface area contributed by atoms with Crippen molar-refractivity contribution >= 4 is 27.3 Å². The molecule has 0 fully saturated rings. The van der Waals surface area contributed by atoms with E-state index in [1.165, 1.54) is 4.88 Å². The van der Waals surface area contributed by atoms with Crippen molar-refractivity contribution in [2.75, 3.05) is 7.11 Å². The van der Waals surface area contributed by atoms with Crippen molar-refractivity contribution in [1.82, 2.24) is 0 Å². The number of methoxy groups -OCH3 is 1. The molecule has 18 heavy (non-hydrogen) atoms. The van der Waals surface area contributed by atoms with E-state index in [-0.39, 0.29) is 12.1 Å². The largest absolute Gasteiger partial charge is 0.375 e. The third kappa shape index (κ3) is 3.20. The SMILES string of the molecule is COC(c1ccccc1)C(N)Cc1sccc1Br. The van der Waals surface area contributed by atoms with E-state index in [1.807, 2.05) is 18.2 Å². The molecule has 2 nitrogen and oxygen atoms in total. The smallest absolute Gasteiger partial charge is 0.0975 e. The molecule has 2 atom stereocenters. The molecule has 0 spiro atoms. The summed E-state index contributed by atoms with van der Waals surface area (Å²) in [5.74, 6) is 0. The minimum atomic E-state index is -0.0693. The number of benzene rings is 1. The molecule has 4 heteroatoms. The molecular weight excluding hydrogens is 310 g/mol. The summed E-state index contributed by atoms with van der Waals surface area (Å²) in [6.45, 7) is 0. The zero-order valence-corrected chi connectivity index (χ0v) is 12.6. The monoisotopic (exact) mass is 325 g/mol. The second kappa shape index (κ2) is 6.48. The number of hydrogen-bond donors (Lipinski definition) is 1. The van der Waals surface area contributed by atoms with Crippen molar-refractivity contribution < 1.29 is 4.74 Å². The van der Waals surface area contributed by atoms with Crippen LogP contribution in [0, 0.1) is 0 Å². The van der Waals surface area contributed by atoms with Gasteiger partial charge >= 0.3 is 0 Å². The van der Waals surface area contributed by atoms with Gasteiger partial charge in [-0.2, -0.15) is 0 Å². The summed E-state index contributed by atoms with van der Waals surface area (Å²) in [4.78, 5) is 1.26. The van der Waals surface area contributed by atoms with Crippen molar-refractivity contribution in [3.8, 4) is 0 Å². The van der Waals surface area contributed by atoms with E-state index in [0.717, 1.165) is 16.5 Å². The highest BCUT2D eigenvalue weighted by Gasteiger charge is 2.20. The molecule has 96 valence electrons. The summed E-state index contributed by atoms with van der Waals surface area (Å²) >= 11 is 5.25. The molecule has 0 bridgehead atoms. The number of halogens is 1. The third-order valence-electron chi connectivity index (χ3n) is 2.88. The number of rotatable bonds is 5. The fraction of sp³-hybridized carbons (Fsp3) is 0.286. The molecule has 0 aliphatic rings. The summed E-state index contributed by atoms with van der Waals surface area (Å²) in [6.07, 6.45) is 0.742. The van der Waals surface area contributed by atoms with Crippen LogP contribution in [0.2, 0.25) is 0 Å². The van der Waals surface area contributed by atoms with Crippen LogP contribution < -0.4 is 5.73 Å². The molecule has 2 N–H and O–H groups in total. The Labute approximate surface area is 120 Å². The van der Waals surface area contributed by atoms with Gasteiger partial charge in [-0.3, -0.25) is 0 Å². The lowest BCUT2D eigenvalue weighted by Gasteiger charge is -2.22. The predicted octanol–water partition coefficient (Wildman–Crippen LogP) is 3.77. The molecule has 0 radical (unpaired) electrons. The number of ether oxygens (including phenoxy) is 1. The van der Waals surface area contributed by atoms with E-state index >= 15 is 0 Å². The van der Waals surface area contributed by atoms with Gasteiger partial charge in [0.1, 0.15) is 0 Å². The Morgan fingerprint density at radius 1 is 1.28 bits per heavy atom. The maximum atomic E-state index is 6.28. The molecule has 1 heterocycles. The second-order valence-electron chi connectivity index (χ2n) is 4.13. The standard InChI is InChI=1S/C14H16BrNOS/c1-17-14(10-5-3-2-4-6-10)12(16)9-13-11(15)7-8-18-13/h2-8,12,14H,9,16H2,1H3. The fourth-order valence-corrected chi connectivity index (χ4v) is 3.58. The van der Waals surface area contributed by atoms with E-state index in [9.17, 15) is 0 Å². The lowest BCUT2D eigenvalue weighted by atomic mass is 10.00. The van der Waals surface area contributed by atoms with Gasteiger partial charge in [0.15, 0.2) is 0 Å². The van der Waals surface area contributed by atoms with Gasteiger partial charge in [-0.25, -0.2) is 0 Å². The third-order valence-corrected chi connectivity index (χ3v) is 4.83. The summed E-state index contributed by atoms with van der Waals surface area (Å²) < 4.78 is 6.68. The predicted molar refractivity (Wildman–Crippen MR) is 79.9 cm³/mol. The van der Waals surface area contributed by atoms with Crippen molar-refractivity contribution in [1.29, 1.82) is 0 Å². The highest BCUT2D eigenvalue weighted by molar-refractivity contribution is 9.10. The Balaban J connectivity index is 2.11. The zero-order valence-electron chi connectivity index (χ0n) is 10.2. The topological polar surface area (TPSA) is 35.2 Å². The molecule has 0 amide bonds. The van der Waals surface area contributed by atoms with Crippen LogP contribution in [0.1, 0.15) is 16.5 Å². The quantitative estimate of drug-likeness (QED) is 0.908. The van der Waals surface area contributed by atoms with E-state index in [1.54, 1.807) is 18.4 Å². The van der Waals surface area contributed by atoms with Gasteiger partial charge in [-0.05, 0) is 32.9 Å². The maximum absolute atomic E-state index is 6.28.